The molecule has 4 atom stereocenters. The van der Waals surface area contributed by atoms with Gasteiger partial charge in [-0.05, 0) is 30.5 Å². The number of amides is 3. The van der Waals surface area contributed by atoms with Crippen molar-refractivity contribution in [2.45, 2.75) is 43.9 Å². The normalized spacial score (nSPS) is 14.2. The molecule has 0 radical (unpaired) electrons. The Bertz CT molecular complexity index is 1240. The molecule has 3 aromatic rings. The quantitative estimate of drug-likeness (QED) is 0.177. The van der Waals surface area contributed by atoms with E-state index in [-0.39, 0.29) is 12.8 Å². The number of para-hydroxylation sites is 1. The zero-order chi connectivity index (χ0) is 26.9. The second kappa shape index (κ2) is 12.7. The summed E-state index contributed by atoms with van der Waals surface area (Å²) in [6, 6.07) is 11.8. The monoisotopic (exact) mass is 509 g/mol. The summed E-state index contributed by atoms with van der Waals surface area (Å²) in [7, 11) is 0. The van der Waals surface area contributed by atoms with E-state index in [1.54, 1.807) is 6.20 Å². The van der Waals surface area contributed by atoms with Crippen LogP contribution in [0.5, 0.6) is 0 Å². The van der Waals surface area contributed by atoms with Crippen LogP contribution in [0.15, 0.2) is 60.8 Å². The first kappa shape index (κ1) is 27.4. The number of rotatable bonds is 12. The second-order valence-electron chi connectivity index (χ2n) is 8.73. The average Bonchev–Trinajstić information content (AvgIpc) is 3.29. The van der Waals surface area contributed by atoms with Crippen LogP contribution in [0.2, 0.25) is 0 Å². The fraction of sp³-hybridized carbons (Fsp3) is 0.308. The molecule has 0 saturated heterocycles. The summed E-state index contributed by atoms with van der Waals surface area (Å²) in [6.45, 7) is 0.636. The lowest BCUT2D eigenvalue weighted by Gasteiger charge is -2.22. The van der Waals surface area contributed by atoms with Crippen LogP contribution in [0.25, 0.3) is 10.9 Å². The van der Waals surface area contributed by atoms with Gasteiger partial charge < -0.3 is 36.9 Å². The molecule has 2 aromatic carbocycles. The number of aromatic nitrogens is 1. The van der Waals surface area contributed by atoms with E-state index in [1.807, 2.05) is 54.6 Å². The highest BCUT2D eigenvalue weighted by molar-refractivity contribution is 5.94. The van der Waals surface area contributed by atoms with Gasteiger partial charge in [-0.15, -0.1) is 0 Å². The minimum absolute atomic E-state index is 0.0110. The first-order chi connectivity index (χ1) is 17.7. The summed E-state index contributed by atoms with van der Waals surface area (Å²) in [6.07, 6.45) is 1.93. The maximum absolute atomic E-state index is 12.7. The highest BCUT2D eigenvalue weighted by Crippen LogP contribution is 2.19. The number of carbonyl (C=O) groups is 4. The van der Waals surface area contributed by atoms with Crippen molar-refractivity contribution in [3.63, 3.8) is 0 Å². The molecule has 3 amide bonds. The van der Waals surface area contributed by atoms with Gasteiger partial charge in [-0.1, -0.05) is 48.5 Å². The van der Waals surface area contributed by atoms with E-state index in [0.717, 1.165) is 16.5 Å². The molecule has 1 aromatic heterocycles. The molecule has 0 saturated carbocycles. The number of aliphatic hydroxyl groups excluding tert-OH is 1. The molecule has 1 heterocycles. The third kappa shape index (κ3) is 7.38. The lowest BCUT2D eigenvalue weighted by Crippen LogP contribution is -2.57. The third-order valence-electron chi connectivity index (χ3n) is 5.92. The number of benzene rings is 2. The van der Waals surface area contributed by atoms with E-state index >= 15 is 0 Å². The number of hydrogen-bond donors (Lipinski definition) is 7. The molecule has 0 fully saturated rings. The molecular weight excluding hydrogens is 478 g/mol. The molecule has 0 aliphatic carbocycles. The number of aliphatic carboxylic acids is 1. The Labute approximate surface area is 213 Å². The van der Waals surface area contributed by atoms with Crippen LogP contribution in [0.1, 0.15) is 18.1 Å². The average molecular weight is 510 g/mol. The summed E-state index contributed by atoms with van der Waals surface area (Å²) in [4.78, 5) is 52.6. The number of carboxylic acid groups (broad SMARTS) is 1. The van der Waals surface area contributed by atoms with Gasteiger partial charge in [0.25, 0.3) is 0 Å². The number of nitrogens with two attached hydrogens (primary N) is 1. The number of aliphatic hydroxyl groups is 1. The Morgan fingerprint density at radius 2 is 1.51 bits per heavy atom. The minimum atomic E-state index is -1.42. The molecule has 11 heteroatoms. The number of H-pyrrole nitrogens is 1. The Morgan fingerprint density at radius 1 is 0.865 bits per heavy atom. The van der Waals surface area contributed by atoms with Gasteiger partial charge in [0, 0.05) is 23.5 Å². The zero-order valence-electron chi connectivity index (χ0n) is 20.3. The molecular formula is C26H31N5O6. The molecule has 11 nitrogen and oxygen atoms in total. The van der Waals surface area contributed by atoms with E-state index in [0.29, 0.717) is 5.56 Å². The molecule has 196 valence electrons. The van der Waals surface area contributed by atoms with Crippen molar-refractivity contribution in [1.29, 1.82) is 0 Å². The van der Waals surface area contributed by atoms with Gasteiger partial charge in [-0.25, -0.2) is 4.79 Å². The van der Waals surface area contributed by atoms with Crippen molar-refractivity contribution in [3.05, 3.63) is 71.9 Å². The molecule has 0 spiro atoms. The van der Waals surface area contributed by atoms with Crippen LogP contribution in [0.4, 0.5) is 0 Å². The van der Waals surface area contributed by atoms with E-state index in [1.165, 1.54) is 6.92 Å². The van der Waals surface area contributed by atoms with Crippen molar-refractivity contribution in [3.8, 4) is 0 Å². The van der Waals surface area contributed by atoms with Gasteiger partial charge in [0.1, 0.15) is 18.1 Å². The Kier molecular flexibility index (Phi) is 9.36. The second-order valence-corrected chi connectivity index (χ2v) is 8.73. The van der Waals surface area contributed by atoms with E-state index < -0.39 is 54.5 Å². The van der Waals surface area contributed by atoms with Crippen molar-refractivity contribution >= 4 is 34.6 Å². The summed E-state index contributed by atoms with van der Waals surface area (Å²) in [5.41, 5.74) is 8.32. The third-order valence-corrected chi connectivity index (χ3v) is 5.92. The highest BCUT2D eigenvalue weighted by atomic mass is 16.4. The maximum atomic E-state index is 12.7. The number of hydrogen-bond acceptors (Lipinski definition) is 6. The van der Waals surface area contributed by atoms with Crippen molar-refractivity contribution in [1.82, 2.24) is 20.9 Å². The van der Waals surface area contributed by atoms with Crippen molar-refractivity contribution in [2.75, 3.05) is 6.61 Å². The number of aromatic amines is 1. The lowest BCUT2D eigenvalue weighted by atomic mass is 10.0. The Hall–Kier alpha value is -4.22. The summed E-state index contributed by atoms with van der Waals surface area (Å²) in [5.74, 6) is -3.43. The number of fused-ring (bicyclic) bond motifs is 1. The molecule has 0 bridgehead atoms. The zero-order valence-corrected chi connectivity index (χ0v) is 20.3. The number of nitrogens with one attached hydrogen (secondary N) is 4. The lowest BCUT2D eigenvalue weighted by molar-refractivity contribution is -0.142. The van der Waals surface area contributed by atoms with Gasteiger partial charge >= 0.3 is 5.97 Å². The van der Waals surface area contributed by atoms with Gasteiger partial charge in [0.2, 0.25) is 17.7 Å². The fourth-order valence-electron chi connectivity index (χ4n) is 3.83. The van der Waals surface area contributed by atoms with Gasteiger partial charge in [0.15, 0.2) is 0 Å². The molecule has 8 N–H and O–H groups in total. The van der Waals surface area contributed by atoms with E-state index in [9.17, 15) is 29.4 Å². The van der Waals surface area contributed by atoms with Crippen molar-refractivity contribution in [2.24, 2.45) is 5.73 Å². The smallest absolute Gasteiger partial charge is 0.326 e. The SMILES string of the molecule is CC(NC(=O)C(N)Cc1ccccc1)C(=O)NC(CO)C(=O)NC(Cc1c[nH]c2ccccc12)C(=O)O. The van der Waals surface area contributed by atoms with Gasteiger partial charge in [0.05, 0.1) is 12.6 Å². The highest BCUT2D eigenvalue weighted by Gasteiger charge is 2.29. The minimum Gasteiger partial charge on any atom is -0.480 e. The maximum Gasteiger partial charge on any atom is 0.326 e. The van der Waals surface area contributed by atoms with Crippen LogP contribution < -0.4 is 21.7 Å². The Morgan fingerprint density at radius 3 is 2.19 bits per heavy atom. The van der Waals surface area contributed by atoms with Crippen LogP contribution >= 0.6 is 0 Å². The largest absolute Gasteiger partial charge is 0.480 e. The topological polar surface area (TPSA) is 187 Å². The van der Waals surface area contributed by atoms with Crippen LogP contribution in [-0.4, -0.2) is 69.7 Å². The fourth-order valence-corrected chi connectivity index (χ4v) is 3.83. The summed E-state index contributed by atoms with van der Waals surface area (Å²) < 4.78 is 0. The van der Waals surface area contributed by atoms with Crippen molar-refractivity contribution < 1.29 is 29.4 Å². The first-order valence-electron chi connectivity index (χ1n) is 11.8. The standard InChI is InChI=1S/C26H31N5O6/c1-15(29-24(34)19(27)11-16-7-3-2-4-8-16)23(33)31-22(14-32)25(35)30-21(26(36)37)12-17-13-28-20-10-6-5-9-18(17)20/h2-10,13,15,19,21-22,28,32H,11-12,14,27H2,1H3,(H,29,34)(H,30,35)(H,31,33)(H,36,37). The van der Waals surface area contributed by atoms with Crippen LogP contribution in [0, 0.1) is 0 Å². The van der Waals surface area contributed by atoms with E-state index in [2.05, 4.69) is 20.9 Å². The summed E-state index contributed by atoms with van der Waals surface area (Å²) in [5, 5.41) is 27.3. The molecule has 4 unspecified atom stereocenters. The Balaban J connectivity index is 1.56. The predicted octanol–water partition coefficient (Wildman–Crippen LogP) is -0.168. The van der Waals surface area contributed by atoms with Gasteiger partial charge in [-0.2, -0.15) is 0 Å². The van der Waals surface area contributed by atoms with Crippen LogP contribution in [0.3, 0.4) is 0 Å². The molecule has 0 aliphatic heterocycles. The summed E-state index contributed by atoms with van der Waals surface area (Å²) >= 11 is 0. The number of carbonyl (C=O) groups excluding carboxylic acids is 3. The molecule has 3 rings (SSSR count). The predicted molar refractivity (Wildman–Crippen MR) is 136 cm³/mol. The van der Waals surface area contributed by atoms with E-state index in [4.69, 9.17) is 5.73 Å². The molecule has 0 aliphatic rings. The first-order valence-corrected chi connectivity index (χ1v) is 11.8. The van der Waals surface area contributed by atoms with Crippen LogP contribution in [-0.2, 0) is 32.0 Å². The molecule has 37 heavy (non-hydrogen) atoms. The number of carboxylic acids is 1. The van der Waals surface area contributed by atoms with Gasteiger partial charge in [-0.3, -0.25) is 14.4 Å².